The third-order valence-corrected chi connectivity index (χ3v) is 4.99. The number of aromatic nitrogens is 3. The number of nitrogens with one attached hydrogen (secondary N) is 1. The van der Waals surface area contributed by atoms with Crippen molar-refractivity contribution in [2.75, 3.05) is 5.75 Å². The second-order valence-electron chi connectivity index (χ2n) is 4.97. The van der Waals surface area contributed by atoms with E-state index in [0.29, 0.717) is 17.3 Å². The molecule has 0 aliphatic heterocycles. The number of hydrogen-bond acceptors (Lipinski definition) is 4. The lowest BCUT2D eigenvalue weighted by Gasteiger charge is -2.07. The van der Waals surface area contributed by atoms with Crippen LogP contribution in [0.3, 0.4) is 0 Å². The minimum absolute atomic E-state index is 0.152. The molecule has 2 aromatic carbocycles. The Balaban J connectivity index is 1.65. The first-order valence-electron chi connectivity index (χ1n) is 7.06. The first-order chi connectivity index (χ1) is 11.2. The van der Waals surface area contributed by atoms with Crippen LogP contribution >= 0.6 is 27.7 Å². The van der Waals surface area contributed by atoms with Crippen LogP contribution in [0.2, 0.25) is 0 Å². The maximum absolute atomic E-state index is 12.1. The summed E-state index contributed by atoms with van der Waals surface area (Å²) < 4.78 is 0.955. The molecule has 0 amide bonds. The van der Waals surface area contributed by atoms with E-state index in [1.165, 1.54) is 18.1 Å². The van der Waals surface area contributed by atoms with E-state index >= 15 is 0 Å². The zero-order valence-corrected chi connectivity index (χ0v) is 14.6. The van der Waals surface area contributed by atoms with Crippen LogP contribution in [0.5, 0.6) is 0 Å². The summed E-state index contributed by atoms with van der Waals surface area (Å²) in [5.41, 5.74) is 3.28. The molecule has 3 rings (SSSR count). The molecule has 0 saturated carbocycles. The van der Waals surface area contributed by atoms with Crippen molar-refractivity contribution in [2.45, 2.75) is 11.6 Å². The number of carbonyl (C=O) groups excluding carboxylic acids is 1. The molecule has 1 N–H and O–H groups in total. The molecular weight excluding hydrogens is 374 g/mol. The van der Waals surface area contributed by atoms with Crippen LogP contribution in [0.15, 0.2) is 64.5 Å². The fraction of sp³-hybridized carbons (Fsp3) is 0.118. The predicted molar refractivity (Wildman–Crippen MR) is 95.4 cm³/mol. The number of Topliss-reactive ketones (excluding diaryl/α,β-unsaturated/α-hetero) is 1. The largest absolute Gasteiger partial charge is 0.298 e. The Labute approximate surface area is 146 Å². The highest BCUT2D eigenvalue weighted by molar-refractivity contribution is 9.10. The average molecular weight is 388 g/mol. The second kappa shape index (κ2) is 7.57. The predicted octanol–water partition coefficient (Wildman–Crippen LogP) is 4.14. The van der Waals surface area contributed by atoms with E-state index in [-0.39, 0.29) is 5.78 Å². The van der Waals surface area contributed by atoms with Crippen LogP contribution in [0.25, 0.3) is 11.1 Å². The van der Waals surface area contributed by atoms with E-state index in [2.05, 4.69) is 49.3 Å². The first-order valence-corrected chi connectivity index (χ1v) is 8.84. The van der Waals surface area contributed by atoms with Gasteiger partial charge in [-0.1, -0.05) is 70.2 Å². The van der Waals surface area contributed by atoms with Gasteiger partial charge in [-0.3, -0.25) is 9.89 Å². The summed E-state index contributed by atoms with van der Waals surface area (Å²) in [4.78, 5) is 16.1. The van der Waals surface area contributed by atoms with Gasteiger partial charge in [0.2, 0.25) is 0 Å². The molecule has 23 heavy (non-hydrogen) atoms. The number of nitrogens with zero attached hydrogens (tertiary/aromatic N) is 2. The summed E-state index contributed by atoms with van der Waals surface area (Å²) in [6.45, 7) is 0. The number of H-pyrrole nitrogens is 1. The molecule has 1 heterocycles. The van der Waals surface area contributed by atoms with E-state index in [4.69, 9.17) is 0 Å². The molecule has 6 heteroatoms. The van der Waals surface area contributed by atoms with Crippen LogP contribution in [-0.2, 0) is 11.2 Å². The van der Waals surface area contributed by atoms with Crippen LogP contribution < -0.4 is 0 Å². The van der Waals surface area contributed by atoms with Gasteiger partial charge >= 0.3 is 0 Å². The highest BCUT2D eigenvalue weighted by Gasteiger charge is 2.10. The molecule has 0 aliphatic rings. The number of thioether (sulfide) groups is 1. The van der Waals surface area contributed by atoms with Gasteiger partial charge < -0.3 is 0 Å². The van der Waals surface area contributed by atoms with Gasteiger partial charge in [0, 0.05) is 10.9 Å². The molecule has 3 aromatic rings. The SMILES string of the molecule is O=C(CSc1ncn[nH]1)Cc1ccc(-c2ccccc2)cc1Br. The van der Waals surface area contributed by atoms with Gasteiger partial charge in [0.1, 0.15) is 12.1 Å². The molecule has 0 bridgehead atoms. The lowest BCUT2D eigenvalue weighted by molar-refractivity contribution is -0.116. The summed E-state index contributed by atoms with van der Waals surface area (Å²) in [5, 5.41) is 7.16. The fourth-order valence-corrected chi connectivity index (χ4v) is 3.33. The van der Waals surface area contributed by atoms with Crippen molar-refractivity contribution in [3.05, 3.63) is 64.9 Å². The molecule has 0 atom stereocenters. The van der Waals surface area contributed by atoms with Gasteiger partial charge in [0.05, 0.1) is 5.75 Å². The van der Waals surface area contributed by atoms with E-state index < -0.39 is 0 Å². The fourth-order valence-electron chi connectivity index (χ4n) is 2.18. The summed E-state index contributed by atoms with van der Waals surface area (Å²) in [6, 6.07) is 16.3. The molecule has 4 nitrogen and oxygen atoms in total. The van der Waals surface area contributed by atoms with Gasteiger partial charge in [-0.05, 0) is 22.8 Å². The number of benzene rings is 2. The number of halogens is 1. The van der Waals surface area contributed by atoms with E-state index in [1.54, 1.807) is 0 Å². The lowest BCUT2D eigenvalue weighted by Crippen LogP contribution is -2.06. The van der Waals surface area contributed by atoms with Crippen molar-refractivity contribution in [1.82, 2.24) is 15.2 Å². The molecule has 0 spiro atoms. The molecule has 0 fully saturated rings. The zero-order chi connectivity index (χ0) is 16.1. The Morgan fingerprint density at radius 3 is 2.65 bits per heavy atom. The van der Waals surface area contributed by atoms with Gasteiger partial charge in [0.15, 0.2) is 5.16 Å². The van der Waals surface area contributed by atoms with Crippen LogP contribution in [-0.4, -0.2) is 26.7 Å². The van der Waals surface area contributed by atoms with E-state index in [0.717, 1.165) is 21.2 Å². The van der Waals surface area contributed by atoms with E-state index in [9.17, 15) is 4.79 Å². The minimum Gasteiger partial charge on any atom is -0.298 e. The van der Waals surface area contributed by atoms with Gasteiger partial charge in [0.25, 0.3) is 0 Å². The monoisotopic (exact) mass is 387 g/mol. The third kappa shape index (κ3) is 4.30. The molecular formula is C17H14BrN3OS. The Morgan fingerprint density at radius 1 is 1.13 bits per heavy atom. The quantitative estimate of drug-likeness (QED) is 0.645. The molecule has 116 valence electrons. The van der Waals surface area contributed by atoms with Crippen molar-refractivity contribution in [2.24, 2.45) is 0 Å². The smallest absolute Gasteiger partial charge is 0.183 e. The molecule has 0 saturated heterocycles. The Hall–Kier alpha value is -1.92. The standard InChI is InChI=1S/C17H14BrN3OS/c18-16-9-13(12-4-2-1-3-5-12)6-7-14(16)8-15(22)10-23-17-19-11-20-21-17/h1-7,9,11H,8,10H2,(H,19,20,21). The van der Waals surface area contributed by atoms with Crippen LogP contribution in [0.4, 0.5) is 0 Å². The molecule has 0 aliphatic carbocycles. The maximum Gasteiger partial charge on any atom is 0.183 e. The summed E-state index contributed by atoms with van der Waals surface area (Å²) in [6.07, 6.45) is 1.84. The molecule has 0 radical (unpaired) electrons. The van der Waals surface area contributed by atoms with Crippen molar-refractivity contribution in [1.29, 1.82) is 0 Å². The number of aromatic amines is 1. The topological polar surface area (TPSA) is 58.6 Å². The number of ketones is 1. The molecule has 1 aromatic heterocycles. The summed E-state index contributed by atoms with van der Waals surface area (Å²) >= 11 is 4.94. The van der Waals surface area contributed by atoms with Crippen LogP contribution in [0, 0.1) is 0 Å². The minimum atomic E-state index is 0.152. The second-order valence-corrected chi connectivity index (χ2v) is 6.79. The third-order valence-electron chi connectivity index (χ3n) is 3.31. The van der Waals surface area contributed by atoms with Crippen molar-refractivity contribution < 1.29 is 4.79 Å². The van der Waals surface area contributed by atoms with Crippen molar-refractivity contribution >= 4 is 33.5 Å². The number of hydrogen-bond donors (Lipinski definition) is 1. The van der Waals surface area contributed by atoms with Gasteiger partial charge in [-0.2, -0.15) is 5.10 Å². The Morgan fingerprint density at radius 2 is 1.96 bits per heavy atom. The Kier molecular flexibility index (Phi) is 5.25. The summed E-state index contributed by atoms with van der Waals surface area (Å²) in [5.74, 6) is 0.529. The number of carbonyl (C=O) groups is 1. The number of rotatable bonds is 6. The average Bonchev–Trinajstić information content (AvgIpc) is 3.09. The molecule has 0 unspecified atom stereocenters. The van der Waals surface area contributed by atoms with Gasteiger partial charge in [-0.15, -0.1) is 0 Å². The summed E-state index contributed by atoms with van der Waals surface area (Å²) in [7, 11) is 0. The van der Waals surface area contributed by atoms with E-state index in [1.807, 2.05) is 30.3 Å². The van der Waals surface area contributed by atoms with Crippen molar-refractivity contribution in [3.63, 3.8) is 0 Å². The van der Waals surface area contributed by atoms with Gasteiger partial charge in [-0.25, -0.2) is 4.98 Å². The first kappa shape index (κ1) is 16.0. The Bertz CT molecular complexity index is 791. The lowest BCUT2D eigenvalue weighted by atomic mass is 10.0. The zero-order valence-electron chi connectivity index (χ0n) is 12.2. The highest BCUT2D eigenvalue weighted by Crippen LogP contribution is 2.26. The van der Waals surface area contributed by atoms with Crippen molar-refractivity contribution in [3.8, 4) is 11.1 Å². The normalized spacial score (nSPS) is 10.7. The van der Waals surface area contributed by atoms with Crippen LogP contribution in [0.1, 0.15) is 5.56 Å². The maximum atomic E-state index is 12.1. The highest BCUT2D eigenvalue weighted by atomic mass is 79.9.